The smallest absolute Gasteiger partial charge is 0.423 e. The number of benzene rings is 1. The Kier molecular flexibility index (Phi) is 4.29. The van der Waals surface area contributed by atoms with Crippen LogP contribution in [0.15, 0.2) is 23.1 Å². The van der Waals surface area contributed by atoms with E-state index in [0.717, 1.165) is 0 Å². The molecule has 7 heteroatoms. The molecule has 0 saturated heterocycles. The van der Waals surface area contributed by atoms with Crippen LogP contribution in [-0.4, -0.2) is 29.1 Å². The summed E-state index contributed by atoms with van der Waals surface area (Å²) in [5.41, 5.74) is 0.869. The third-order valence-corrected chi connectivity index (χ3v) is 3.12. The van der Waals surface area contributed by atoms with Crippen molar-refractivity contribution in [3.8, 4) is 0 Å². The van der Waals surface area contributed by atoms with Crippen LogP contribution in [0.25, 0.3) is 0 Å². The molecule has 1 aromatic rings. The Morgan fingerprint density at radius 3 is 2.44 bits per heavy atom. The minimum Gasteiger partial charge on any atom is -0.423 e. The van der Waals surface area contributed by atoms with Gasteiger partial charge in [-0.05, 0) is 24.0 Å². The molecule has 0 saturated carbocycles. The predicted octanol–water partition coefficient (Wildman–Crippen LogP) is 1.33. The van der Waals surface area contributed by atoms with E-state index in [1.54, 1.807) is 13.0 Å². The number of alkyl halides is 3. The number of aryl methyl sites for hydroxylation is 1. The molecule has 2 nitrogen and oxygen atoms in total. The van der Waals surface area contributed by atoms with E-state index < -0.39 is 19.0 Å². The van der Waals surface area contributed by atoms with E-state index in [-0.39, 0.29) is 5.46 Å². The first-order valence-electron chi connectivity index (χ1n) is 4.46. The van der Waals surface area contributed by atoms with Crippen molar-refractivity contribution in [2.45, 2.75) is 18.0 Å². The van der Waals surface area contributed by atoms with E-state index in [1.807, 2.05) is 0 Å². The fourth-order valence-electron chi connectivity index (χ4n) is 1.09. The molecule has 0 unspecified atom stereocenters. The van der Waals surface area contributed by atoms with Crippen LogP contribution in [0.4, 0.5) is 13.2 Å². The van der Waals surface area contributed by atoms with E-state index in [1.165, 1.54) is 12.1 Å². The van der Waals surface area contributed by atoms with E-state index in [9.17, 15) is 13.2 Å². The summed E-state index contributed by atoms with van der Waals surface area (Å²) in [5, 5.41) is 17.8. The first-order chi connectivity index (χ1) is 7.29. The maximum atomic E-state index is 12.0. The zero-order valence-corrected chi connectivity index (χ0v) is 9.27. The summed E-state index contributed by atoms with van der Waals surface area (Å²) < 4.78 is 36.0. The molecule has 0 heterocycles. The summed E-state index contributed by atoms with van der Waals surface area (Å²) >= 11 is 0.638. The van der Waals surface area contributed by atoms with Crippen molar-refractivity contribution < 1.29 is 23.2 Å². The van der Waals surface area contributed by atoms with Crippen molar-refractivity contribution in [2.75, 3.05) is 5.75 Å². The van der Waals surface area contributed by atoms with Gasteiger partial charge < -0.3 is 10.0 Å². The highest BCUT2D eigenvalue weighted by atomic mass is 32.2. The Morgan fingerprint density at radius 2 is 1.94 bits per heavy atom. The topological polar surface area (TPSA) is 40.5 Å². The monoisotopic (exact) mass is 250 g/mol. The molecule has 0 aliphatic rings. The summed E-state index contributed by atoms with van der Waals surface area (Å²) in [4.78, 5) is 0.405. The molecule has 0 aromatic heterocycles. The maximum absolute atomic E-state index is 12.0. The Balaban J connectivity index is 2.82. The fourth-order valence-corrected chi connectivity index (χ4v) is 1.93. The lowest BCUT2D eigenvalue weighted by molar-refractivity contribution is -0.105. The third kappa shape index (κ3) is 4.07. The van der Waals surface area contributed by atoms with Crippen molar-refractivity contribution >= 4 is 24.3 Å². The summed E-state index contributed by atoms with van der Waals surface area (Å²) in [6, 6.07) is 4.39. The molecule has 0 spiro atoms. The van der Waals surface area contributed by atoms with Crippen LogP contribution in [0, 0.1) is 6.92 Å². The molecule has 0 aliphatic carbocycles. The number of halogens is 3. The zero-order chi connectivity index (χ0) is 12.3. The van der Waals surface area contributed by atoms with Crippen molar-refractivity contribution in [3.05, 3.63) is 23.8 Å². The van der Waals surface area contributed by atoms with Crippen LogP contribution in [0.5, 0.6) is 0 Å². The molecule has 88 valence electrons. The van der Waals surface area contributed by atoms with Gasteiger partial charge in [-0.3, -0.25) is 0 Å². The van der Waals surface area contributed by atoms with Crippen molar-refractivity contribution in [2.24, 2.45) is 0 Å². The zero-order valence-electron chi connectivity index (χ0n) is 8.45. The second-order valence-electron chi connectivity index (χ2n) is 3.30. The van der Waals surface area contributed by atoms with Crippen LogP contribution in [-0.2, 0) is 0 Å². The number of thioether (sulfide) groups is 1. The summed E-state index contributed by atoms with van der Waals surface area (Å²) in [5.74, 6) is -0.987. The highest BCUT2D eigenvalue weighted by Crippen LogP contribution is 2.28. The first-order valence-corrected chi connectivity index (χ1v) is 5.44. The van der Waals surface area contributed by atoms with Crippen LogP contribution < -0.4 is 5.46 Å². The van der Waals surface area contributed by atoms with E-state index >= 15 is 0 Å². The second-order valence-corrected chi connectivity index (χ2v) is 4.32. The lowest BCUT2D eigenvalue weighted by Gasteiger charge is -2.10. The Hall–Kier alpha value is -0.655. The molecule has 0 atom stereocenters. The van der Waals surface area contributed by atoms with Crippen molar-refractivity contribution in [1.82, 2.24) is 0 Å². The molecular formula is C9H10BF3O2S. The molecule has 0 fully saturated rings. The predicted molar refractivity (Wildman–Crippen MR) is 57.8 cm³/mol. The lowest BCUT2D eigenvalue weighted by atomic mass is 9.80. The van der Waals surface area contributed by atoms with Crippen LogP contribution in [0.1, 0.15) is 5.56 Å². The molecule has 0 aliphatic heterocycles. The van der Waals surface area contributed by atoms with Crippen molar-refractivity contribution in [1.29, 1.82) is 0 Å². The summed E-state index contributed by atoms with van der Waals surface area (Å²) in [7, 11) is -1.66. The SMILES string of the molecule is Cc1ccc(B(O)O)cc1SCC(F)(F)F. The van der Waals surface area contributed by atoms with E-state index in [4.69, 9.17) is 10.0 Å². The number of rotatable bonds is 3. The van der Waals surface area contributed by atoms with Gasteiger partial charge in [-0.1, -0.05) is 12.1 Å². The van der Waals surface area contributed by atoms with Gasteiger partial charge in [0.2, 0.25) is 0 Å². The van der Waals surface area contributed by atoms with Crippen LogP contribution in [0.2, 0.25) is 0 Å². The molecule has 16 heavy (non-hydrogen) atoms. The highest BCUT2D eigenvalue weighted by Gasteiger charge is 2.27. The van der Waals surface area contributed by atoms with Gasteiger partial charge in [0, 0.05) is 4.90 Å². The standard InChI is InChI=1S/C9H10BF3O2S/c1-6-2-3-7(10(14)15)4-8(6)16-5-9(11,12)13/h2-4,14-15H,5H2,1H3. The molecule has 1 rings (SSSR count). The van der Waals surface area contributed by atoms with E-state index in [0.29, 0.717) is 22.2 Å². The Labute approximate surface area is 95.6 Å². The molecule has 0 radical (unpaired) electrons. The maximum Gasteiger partial charge on any atom is 0.488 e. The van der Waals surface area contributed by atoms with Gasteiger partial charge in [0.25, 0.3) is 0 Å². The van der Waals surface area contributed by atoms with Crippen LogP contribution >= 0.6 is 11.8 Å². The molecule has 1 aromatic carbocycles. The molecular weight excluding hydrogens is 240 g/mol. The molecule has 0 amide bonds. The fraction of sp³-hybridized carbons (Fsp3) is 0.333. The van der Waals surface area contributed by atoms with Crippen LogP contribution in [0.3, 0.4) is 0 Å². The second kappa shape index (κ2) is 5.12. The largest absolute Gasteiger partial charge is 0.488 e. The van der Waals surface area contributed by atoms with Gasteiger partial charge in [-0.25, -0.2) is 0 Å². The quantitative estimate of drug-likeness (QED) is 0.628. The molecule has 2 N–H and O–H groups in total. The van der Waals surface area contributed by atoms with Gasteiger partial charge >= 0.3 is 13.3 Å². The summed E-state index contributed by atoms with van der Waals surface area (Å²) in [6.07, 6.45) is -4.23. The van der Waals surface area contributed by atoms with Gasteiger partial charge in [-0.2, -0.15) is 13.2 Å². The highest BCUT2D eigenvalue weighted by molar-refractivity contribution is 7.99. The van der Waals surface area contributed by atoms with Gasteiger partial charge in [0.05, 0.1) is 5.75 Å². The lowest BCUT2D eigenvalue weighted by Crippen LogP contribution is -2.29. The Bertz CT molecular complexity index is 368. The normalized spacial score (nSPS) is 11.6. The van der Waals surface area contributed by atoms with Gasteiger partial charge in [-0.15, -0.1) is 11.8 Å². The van der Waals surface area contributed by atoms with E-state index in [2.05, 4.69) is 0 Å². The van der Waals surface area contributed by atoms with Crippen molar-refractivity contribution in [3.63, 3.8) is 0 Å². The minimum atomic E-state index is -4.23. The number of hydrogen-bond acceptors (Lipinski definition) is 3. The summed E-state index contributed by atoms with van der Waals surface area (Å²) in [6.45, 7) is 1.67. The number of hydrogen-bond donors (Lipinski definition) is 2. The first kappa shape index (κ1) is 13.4. The molecule has 0 bridgehead atoms. The van der Waals surface area contributed by atoms with Gasteiger partial charge in [0.1, 0.15) is 0 Å². The minimum absolute atomic E-state index is 0.190. The average molecular weight is 250 g/mol. The Morgan fingerprint density at radius 1 is 1.31 bits per heavy atom. The average Bonchev–Trinajstić information content (AvgIpc) is 2.14. The van der Waals surface area contributed by atoms with Gasteiger partial charge in [0.15, 0.2) is 0 Å². The third-order valence-electron chi connectivity index (χ3n) is 1.90.